The molecule has 120 valence electrons. The van der Waals surface area contributed by atoms with Gasteiger partial charge in [-0.3, -0.25) is 4.79 Å². The van der Waals surface area contributed by atoms with Crippen LogP contribution in [0.25, 0.3) is 0 Å². The molecule has 0 atom stereocenters. The number of anilines is 1. The van der Waals surface area contributed by atoms with E-state index in [1.54, 1.807) is 0 Å². The highest BCUT2D eigenvalue weighted by molar-refractivity contribution is 5.94. The maximum absolute atomic E-state index is 12.6. The largest absolute Gasteiger partial charge is 0.360 e. The molecule has 0 radical (unpaired) electrons. The second kappa shape index (κ2) is 5.64. The molecule has 0 N–H and O–H groups in total. The minimum Gasteiger partial charge on any atom is -0.360 e. The van der Waals surface area contributed by atoms with Crippen LogP contribution >= 0.6 is 0 Å². The molecule has 23 heavy (non-hydrogen) atoms. The summed E-state index contributed by atoms with van der Waals surface area (Å²) in [6.45, 7) is 4.92. The van der Waals surface area contributed by atoms with Gasteiger partial charge in [0.25, 0.3) is 5.91 Å². The molecule has 7 nitrogen and oxygen atoms in total. The van der Waals surface area contributed by atoms with Crippen LogP contribution in [0.4, 0.5) is 5.95 Å². The van der Waals surface area contributed by atoms with Crippen molar-refractivity contribution in [3.8, 4) is 0 Å². The average molecular weight is 313 g/mol. The smallest absolute Gasteiger partial charge is 0.276 e. The number of nitrogens with zero attached hydrogens (tertiary/aromatic N) is 5. The van der Waals surface area contributed by atoms with E-state index in [0.29, 0.717) is 24.6 Å². The normalized spacial score (nSPS) is 17.4. The summed E-state index contributed by atoms with van der Waals surface area (Å²) in [5, 5.41) is 4.05. The van der Waals surface area contributed by atoms with Crippen molar-refractivity contribution >= 4 is 11.9 Å². The minimum atomic E-state index is -0.0147. The number of aryl methyl sites for hydroxylation is 1. The molecular formula is C16H19N5O2. The molecule has 0 unspecified atom stereocenters. The first-order valence-corrected chi connectivity index (χ1v) is 8.02. The summed E-state index contributed by atoms with van der Waals surface area (Å²) >= 11 is 0. The average Bonchev–Trinajstić information content (AvgIpc) is 3.24. The van der Waals surface area contributed by atoms with Crippen molar-refractivity contribution in [2.75, 3.05) is 24.5 Å². The first-order valence-electron chi connectivity index (χ1n) is 8.02. The molecule has 2 aromatic rings. The zero-order valence-corrected chi connectivity index (χ0v) is 13.2. The fourth-order valence-corrected chi connectivity index (χ4v) is 3.17. The fraction of sp³-hybridized carbons (Fsp3) is 0.500. The van der Waals surface area contributed by atoms with Crippen LogP contribution in [0.2, 0.25) is 0 Å². The van der Waals surface area contributed by atoms with Gasteiger partial charge in [0.2, 0.25) is 5.95 Å². The fourth-order valence-electron chi connectivity index (χ4n) is 3.17. The SMILES string of the molecule is Cc1cnc(N2CCc3onc(C(=O)N4CCCC4)c3C2)nc1. The van der Waals surface area contributed by atoms with Crippen LogP contribution in [0.5, 0.6) is 0 Å². The van der Waals surface area contributed by atoms with E-state index >= 15 is 0 Å². The third-order valence-corrected chi connectivity index (χ3v) is 4.47. The van der Waals surface area contributed by atoms with Crippen molar-refractivity contribution in [2.45, 2.75) is 32.7 Å². The van der Waals surface area contributed by atoms with Gasteiger partial charge in [-0.05, 0) is 25.3 Å². The topological polar surface area (TPSA) is 75.4 Å². The number of rotatable bonds is 2. The quantitative estimate of drug-likeness (QED) is 0.838. The molecule has 0 spiro atoms. The molecule has 1 saturated heterocycles. The van der Waals surface area contributed by atoms with Gasteiger partial charge in [-0.2, -0.15) is 0 Å². The van der Waals surface area contributed by atoms with Crippen molar-refractivity contribution in [3.63, 3.8) is 0 Å². The van der Waals surface area contributed by atoms with Crippen molar-refractivity contribution in [1.82, 2.24) is 20.0 Å². The van der Waals surface area contributed by atoms with E-state index < -0.39 is 0 Å². The van der Waals surface area contributed by atoms with Crippen molar-refractivity contribution in [1.29, 1.82) is 0 Å². The minimum absolute atomic E-state index is 0.0147. The molecule has 0 bridgehead atoms. The maximum Gasteiger partial charge on any atom is 0.276 e. The van der Waals surface area contributed by atoms with E-state index in [4.69, 9.17) is 4.52 Å². The van der Waals surface area contributed by atoms with E-state index in [9.17, 15) is 4.79 Å². The van der Waals surface area contributed by atoms with E-state index in [1.807, 2.05) is 24.2 Å². The second-order valence-corrected chi connectivity index (χ2v) is 6.16. The van der Waals surface area contributed by atoms with E-state index in [2.05, 4.69) is 20.0 Å². The molecule has 4 heterocycles. The van der Waals surface area contributed by atoms with Crippen molar-refractivity contribution < 1.29 is 9.32 Å². The Morgan fingerprint density at radius 3 is 2.65 bits per heavy atom. The number of aromatic nitrogens is 3. The summed E-state index contributed by atoms with van der Waals surface area (Å²) in [4.78, 5) is 25.3. The number of likely N-dealkylation sites (tertiary alicyclic amines) is 1. The number of carbonyl (C=O) groups excluding carboxylic acids is 1. The maximum atomic E-state index is 12.6. The summed E-state index contributed by atoms with van der Waals surface area (Å²) in [5.74, 6) is 1.48. The van der Waals surface area contributed by atoms with Crippen LogP contribution in [-0.4, -0.2) is 45.6 Å². The van der Waals surface area contributed by atoms with Crippen LogP contribution in [-0.2, 0) is 13.0 Å². The van der Waals surface area contributed by atoms with Crippen LogP contribution in [0, 0.1) is 6.92 Å². The highest BCUT2D eigenvalue weighted by Crippen LogP contribution is 2.26. The monoisotopic (exact) mass is 313 g/mol. The number of amides is 1. The number of fused-ring (bicyclic) bond motifs is 1. The lowest BCUT2D eigenvalue weighted by molar-refractivity contribution is 0.0781. The first-order chi connectivity index (χ1) is 11.2. The standard InChI is InChI=1S/C16H19N5O2/c1-11-8-17-16(18-9-11)21-7-4-13-12(10-21)14(19-23-13)15(22)20-5-2-3-6-20/h8-9H,2-7,10H2,1H3. The third kappa shape index (κ3) is 2.56. The molecular weight excluding hydrogens is 294 g/mol. The van der Waals surface area contributed by atoms with E-state index in [-0.39, 0.29) is 5.91 Å². The predicted octanol–water partition coefficient (Wildman–Crippen LogP) is 1.57. The van der Waals surface area contributed by atoms with Gasteiger partial charge in [-0.15, -0.1) is 0 Å². The lowest BCUT2D eigenvalue weighted by atomic mass is 10.1. The Balaban J connectivity index is 1.59. The van der Waals surface area contributed by atoms with Crippen molar-refractivity contribution in [2.24, 2.45) is 0 Å². The Morgan fingerprint density at radius 1 is 1.17 bits per heavy atom. The Labute approximate surface area is 134 Å². The highest BCUT2D eigenvalue weighted by atomic mass is 16.5. The summed E-state index contributed by atoms with van der Waals surface area (Å²) in [6, 6.07) is 0. The molecule has 0 saturated carbocycles. The van der Waals surface area contributed by atoms with Crippen LogP contribution < -0.4 is 4.90 Å². The Hall–Kier alpha value is -2.44. The van der Waals surface area contributed by atoms with Gasteiger partial charge < -0.3 is 14.3 Å². The van der Waals surface area contributed by atoms with Crippen LogP contribution in [0.15, 0.2) is 16.9 Å². The third-order valence-electron chi connectivity index (χ3n) is 4.47. The van der Waals surface area contributed by atoms with Gasteiger partial charge in [-0.25, -0.2) is 9.97 Å². The molecule has 2 aliphatic heterocycles. The molecule has 1 amide bonds. The zero-order chi connectivity index (χ0) is 15.8. The Kier molecular flexibility index (Phi) is 3.48. The summed E-state index contributed by atoms with van der Waals surface area (Å²) in [5.41, 5.74) is 2.37. The number of hydrogen-bond acceptors (Lipinski definition) is 6. The predicted molar refractivity (Wildman–Crippen MR) is 83.2 cm³/mol. The summed E-state index contributed by atoms with van der Waals surface area (Å²) < 4.78 is 5.41. The van der Waals surface area contributed by atoms with Crippen LogP contribution in [0.1, 0.15) is 40.2 Å². The van der Waals surface area contributed by atoms with Gasteiger partial charge >= 0.3 is 0 Å². The van der Waals surface area contributed by atoms with Crippen molar-refractivity contribution in [3.05, 3.63) is 35.0 Å². The Morgan fingerprint density at radius 2 is 1.91 bits per heavy atom. The molecule has 0 aromatic carbocycles. The van der Waals surface area contributed by atoms with Gasteiger partial charge in [0.15, 0.2) is 5.69 Å². The molecule has 4 rings (SSSR count). The number of hydrogen-bond donors (Lipinski definition) is 0. The van der Waals surface area contributed by atoms with E-state index in [1.165, 1.54) is 0 Å². The first kappa shape index (κ1) is 14.2. The number of carbonyl (C=O) groups is 1. The lowest BCUT2D eigenvalue weighted by Gasteiger charge is -2.26. The van der Waals surface area contributed by atoms with Crippen LogP contribution in [0.3, 0.4) is 0 Å². The molecule has 2 aliphatic rings. The molecule has 0 aliphatic carbocycles. The molecule has 1 fully saturated rings. The second-order valence-electron chi connectivity index (χ2n) is 6.16. The summed E-state index contributed by atoms with van der Waals surface area (Å²) in [7, 11) is 0. The molecule has 2 aromatic heterocycles. The Bertz CT molecular complexity index is 719. The molecule has 7 heteroatoms. The van der Waals surface area contributed by atoms with Gasteiger partial charge in [0.1, 0.15) is 5.76 Å². The summed E-state index contributed by atoms with van der Waals surface area (Å²) in [6.07, 6.45) is 6.46. The zero-order valence-electron chi connectivity index (χ0n) is 13.2. The van der Waals surface area contributed by atoms with Gasteiger partial charge in [0, 0.05) is 44.0 Å². The van der Waals surface area contributed by atoms with Gasteiger partial charge in [0.05, 0.1) is 6.54 Å². The van der Waals surface area contributed by atoms with Gasteiger partial charge in [-0.1, -0.05) is 5.16 Å². The highest BCUT2D eigenvalue weighted by Gasteiger charge is 2.31. The van der Waals surface area contributed by atoms with E-state index in [0.717, 1.165) is 49.4 Å². The lowest BCUT2D eigenvalue weighted by Crippen LogP contribution is -2.34.